The second kappa shape index (κ2) is 11.2. The lowest BCUT2D eigenvalue weighted by Crippen LogP contribution is -2.27. The lowest BCUT2D eigenvalue weighted by molar-refractivity contribution is -0.439. The lowest BCUT2D eigenvalue weighted by atomic mass is 9.80. The Balaban J connectivity index is 1.53. The minimum atomic E-state index is -4.53. The van der Waals surface area contributed by atoms with Gasteiger partial charge in [-0.1, -0.05) is 5.04 Å². The smallest absolute Gasteiger partial charge is 0.333 e. The molecule has 4 N–H and O–H groups in total. The van der Waals surface area contributed by atoms with Crippen LogP contribution in [0.2, 0.25) is 0 Å². The highest BCUT2D eigenvalue weighted by Gasteiger charge is 2.44. The monoisotopic (exact) mass is 581 g/mol. The summed E-state index contributed by atoms with van der Waals surface area (Å²) in [4.78, 5) is 17.1. The second-order valence-electron chi connectivity index (χ2n) is 9.66. The first-order valence-corrected chi connectivity index (χ1v) is 14.2. The summed E-state index contributed by atoms with van der Waals surface area (Å²) in [6.07, 6.45) is 2.09. The van der Waals surface area contributed by atoms with Crippen molar-refractivity contribution in [3.05, 3.63) is 42.0 Å². The van der Waals surface area contributed by atoms with Gasteiger partial charge in [-0.15, -0.1) is 9.06 Å². The number of rotatable bonds is 11. The van der Waals surface area contributed by atoms with Gasteiger partial charge in [-0.25, -0.2) is 10.1 Å². The molecule has 0 unspecified atom stereocenters. The van der Waals surface area contributed by atoms with Crippen LogP contribution in [0.5, 0.6) is 11.8 Å². The molecule has 210 valence electrons. The van der Waals surface area contributed by atoms with E-state index in [2.05, 4.69) is 13.9 Å². The average Bonchev–Trinajstić information content (AvgIpc) is 3.29. The molecule has 1 aliphatic rings. The van der Waals surface area contributed by atoms with Gasteiger partial charge in [0.2, 0.25) is 17.4 Å². The van der Waals surface area contributed by atoms with E-state index in [-0.39, 0.29) is 23.1 Å². The molecule has 0 saturated carbocycles. The maximum absolute atomic E-state index is 12.1. The number of aromatic nitrogens is 1. The van der Waals surface area contributed by atoms with E-state index in [4.69, 9.17) is 10.1 Å². The Morgan fingerprint density at radius 1 is 1.05 bits per heavy atom. The summed E-state index contributed by atoms with van der Waals surface area (Å²) in [6.45, 7) is 6.71. The summed E-state index contributed by atoms with van der Waals surface area (Å²) in [5.41, 5.74) is 2.34. The number of nitrogens with zero attached hydrogens (tertiary/aromatic N) is 2. The van der Waals surface area contributed by atoms with Crippen molar-refractivity contribution in [2.24, 2.45) is 0 Å². The van der Waals surface area contributed by atoms with Crippen molar-refractivity contribution in [1.82, 2.24) is 4.73 Å². The molecule has 3 aromatic rings. The van der Waals surface area contributed by atoms with Crippen molar-refractivity contribution < 1.29 is 52.0 Å². The number of unbranched alkanes of at least 4 members (excludes halogenated alkanes) is 2. The molecule has 0 saturated heterocycles. The Hall–Kier alpha value is -3.14. The minimum absolute atomic E-state index is 0.102. The maximum Gasteiger partial charge on any atom is 0.333 e. The molecule has 0 bridgehead atoms. The molecule has 0 fully saturated rings. The third-order valence-corrected chi connectivity index (χ3v) is 8.46. The summed E-state index contributed by atoms with van der Waals surface area (Å²) >= 11 is 0.616. The second-order valence-corrected chi connectivity index (χ2v) is 11.8. The molecular weight excluding hydrogens is 552 g/mol. The van der Waals surface area contributed by atoms with Gasteiger partial charge in [0.15, 0.2) is 5.71 Å². The number of hydrogen-bond donors (Lipinski definition) is 4. The van der Waals surface area contributed by atoms with E-state index in [0.29, 0.717) is 51.8 Å². The molecule has 4 rings (SSSR count). The van der Waals surface area contributed by atoms with Gasteiger partial charge < -0.3 is 15.1 Å². The third-order valence-electron chi connectivity index (χ3n) is 6.98. The molecule has 14 heteroatoms. The van der Waals surface area contributed by atoms with E-state index in [9.17, 15) is 28.0 Å². The highest BCUT2D eigenvalue weighted by molar-refractivity contribution is 7.94. The highest BCUT2D eigenvalue weighted by Crippen LogP contribution is 2.46. The van der Waals surface area contributed by atoms with Crippen molar-refractivity contribution in [1.29, 1.82) is 0 Å². The van der Waals surface area contributed by atoms with Crippen LogP contribution in [0.3, 0.4) is 0 Å². The highest BCUT2D eigenvalue weighted by atomic mass is 32.2. The fourth-order valence-electron chi connectivity index (χ4n) is 4.86. The predicted molar refractivity (Wildman–Crippen MR) is 141 cm³/mol. The van der Waals surface area contributed by atoms with Crippen LogP contribution in [-0.4, -0.2) is 56.0 Å². The van der Waals surface area contributed by atoms with E-state index in [1.54, 1.807) is 0 Å². The largest absolute Gasteiger partial charge is 0.492 e. The van der Waals surface area contributed by atoms with Crippen LogP contribution in [0.15, 0.2) is 46.2 Å². The molecule has 0 radical (unpaired) electrons. The molecule has 0 spiro atoms. The zero-order valence-corrected chi connectivity index (χ0v) is 23.1. The SMILES string of the molecule is CC1=[N+](CCCCCC(=O)On2c(O)ccc2O)c2ccc3c(SOOO)cc(S(=O)(=O)O)cc3c2C1(C)C. The summed E-state index contributed by atoms with van der Waals surface area (Å²) in [6, 6.07) is 8.84. The quantitative estimate of drug-likeness (QED) is 0.0635. The molecule has 12 nitrogen and oxygen atoms in total. The first-order chi connectivity index (χ1) is 18.4. The van der Waals surface area contributed by atoms with E-state index in [0.717, 1.165) is 23.4 Å². The van der Waals surface area contributed by atoms with Crippen molar-refractivity contribution in [3.63, 3.8) is 0 Å². The van der Waals surface area contributed by atoms with Gasteiger partial charge in [0.1, 0.15) is 6.54 Å². The topological polar surface area (TPSA) is 168 Å². The number of hydrogen-bond acceptors (Lipinski definition) is 10. The predicted octanol–water partition coefficient (Wildman–Crippen LogP) is 4.34. The molecular formula is C25H29N2O10S2+. The standard InChI is InChI=1S/C25H28N2O10S2/c1-15-25(2,3)24-18-13-16(39(32,33)34)14-20(38-37-36-31)17(18)8-9-19(24)26(15)12-6-4-5-7-23(30)35-27-21(28)10-11-22(27)29/h8-11,13-14H,4-7,12H2,1-3H3,(H3-,28,29,31,32,33,34)/p+1. The van der Waals surface area contributed by atoms with Gasteiger partial charge in [-0.3, -0.25) is 4.55 Å². The van der Waals surface area contributed by atoms with Crippen molar-refractivity contribution in [2.75, 3.05) is 6.54 Å². The molecule has 1 aromatic heterocycles. The molecule has 2 heterocycles. The van der Waals surface area contributed by atoms with Gasteiger partial charge in [-0.2, -0.15) is 13.0 Å². The fourth-order valence-corrected chi connectivity index (χ4v) is 6.02. The van der Waals surface area contributed by atoms with Crippen molar-refractivity contribution in [2.45, 2.75) is 61.7 Å². The number of aromatic hydroxyl groups is 2. The molecule has 0 amide bonds. The van der Waals surface area contributed by atoms with Gasteiger partial charge >= 0.3 is 5.97 Å². The van der Waals surface area contributed by atoms with E-state index >= 15 is 0 Å². The van der Waals surface area contributed by atoms with Crippen LogP contribution in [-0.2, 0) is 29.7 Å². The number of carbonyl (C=O) groups is 1. The van der Waals surface area contributed by atoms with Crippen molar-refractivity contribution in [3.8, 4) is 11.8 Å². The minimum Gasteiger partial charge on any atom is -0.492 e. The summed E-state index contributed by atoms with van der Waals surface area (Å²) in [5.74, 6) is -1.34. The summed E-state index contributed by atoms with van der Waals surface area (Å²) in [7, 11) is -4.53. The molecule has 0 aliphatic carbocycles. The van der Waals surface area contributed by atoms with E-state index in [1.807, 2.05) is 32.9 Å². The van der Waals surface area contributed by atoms with Gasteiger partial charge in [0, 0.05) is 48.4 Å². The zero-order chi connectivity index (χ0) is 28.5. The van der Waals surface area contributed by atoms with Gasteiger partial charge in [-0.05, 0) is 55.7 Å². The first-order valence-electron chi connectivity index (χ1n) is 12.0. The molecule has 1 aliphatic heterocycles. The Morgan fingerprint density at radius 2 is 1.74 bits per heavy atom. The van der Waals surface area contributed by atoms with Gasteiger partial charge in [0.25, 0.3) is 10.1 Å². The summed E-state index contributed by atoms with van der Waals surface area (Å²) in [5, 5.41) is 32.7. The number of benzene rings is 2. The van der Waals surface area contributed by atoms with Gasteiger partial charge in [0.05, 0.1) is 22.4 Å². The molecule has 39 heavy (non-hydrogen) atoms. The van der Waals surface area contributed by atoms with Crippen LogP contribution in [0.1, 0.15) is 52.0 Å². The van der Waals surface area contributed by atoms with Crippen molar-refractivity contribution >= 4 is 50.3 Å². The number of carbonyl (C=O) groups excluding carboxylic acids is 1. The molecule has 2 aromatic carbocycles. The fraction of sp³-hybridized carbons (Fsp3) is 0.360. The third kappa shape index (κ3) is 5.76. The lowest BCUT2D eigenvalue weighted by Gasteiger charge is -2.18. The Kier molecular flexibility index (Phi) is 8.25. The maximum atomic E-state index is 12.1. The van der Waals surface area contributed by atoms with Crippen LogP contribution >= 0.6 is 12.0 Å². The number of fused-ring (bicyclic) bond motifs is 3. The summed E-state index contributed by atoms with van der Waals surface area (Å²) < 4.78 is 41.2. The van der Waals surface area contributed by atoms with E-state index in [1.165, 1.54) is 24.3 Å². The van der Waals surface area contributed by atoms with Crippen LogP contribution in [0.25, 0.3) is 10.8 Å². The van der Waals surface area contributed by atoms with Crippen LogP contribution in [0.4, 0.5) is 5.69 Å². The normalized spacial score (nSPS) is 14.7. The van der Waals surface area contributed by atoms with E-state index < -0.39 is 21.5 Å². The van der Waals surface area contributed by atoms with Crippen LogP contribution < -0.4 is 4.84 Å². The average molecular weight is 582 g/mol. The zero-order valence-electron chi connectivity index (χ0n) is 21.4. The Morgan fingerprint density at radius 3 is 2.38 bits per heavy atom. The van der Waals surface area contributed by atoms with Crippen LogP contribution in [0, 0.1) is 0 Å². The first kappa shape index (κ1) is 28.9. The Bertz CT molecular complexity index is 1540. The Labute approximate surface area is 228 Å². The molecule has 0 atom stereocenters.